The number of hydrogen-bond acceptors (Lipinski definition) is 12. The fourth-order valence-electron chi connectivity index (χ4n) is 8.40. The summed E-state index contributed by atoms with van der Waals surface area (Å²) in [6.07, 6.45) is 11.2. The molecule has 10 aromatic rings. The molecule has 10 rings (SSSR count). The summed E-state index contributed by atoms with van der Waals surface area (Å²) >= 11 is 18.0. The molecule has 0 saturated carbocycles. The van der Waals surface area contributed by atoms with E-state index in [1.807, 2.05) is 111 Å². The Morgan fingerprint density at radius 2 is 1.00 bits per heavy atom. The zero-order valence-corrected chi connectivity index (χ0v) is 44.0. The van der Waals surface area contributed by atoms with Gasteiger partial charge in [-0.1, -0.05) is 53.0 Å². The molecule has 0 spiro atoms. The molecule has 0 radical (unpaired) electrons. The Morgan fingerprint density at radius 3 is 1.41 bits per heavy atom. The molecule has 75 heavy (non-hydrogen) atoms. The monoisotopic (exact) mass is 1060 g/mol. The summed E-state index contributed by atoms with van der Waals surface area (Å²) in [4.78, 5) is 65.7. The predicted octanol–water partition coefficient (Wildman–Crippen LogP) is 10.0. The van der Waals surface area contributed by atoms with Crippen LogP contribution in [-0.4, -0.2) is 78.1 Å². The number of nitrogens with zero attached hydrogens (tertiary/aromatic N) is 10. The highest BCUT2D eigenvalue weighted by Crippen LogP contribution is 2.24. The Balaban J connectivity index is 0.000000153. The summed E-state index contributed by atoms with van der Waals surface area (Å²) in [6, 6.07) is 25.3. The minimum atomic E-state index is -0.981. The number of amides is 1. The van der Waals surface area contributed by atoms with E-state index in [1.165, 1.54) is 6.20 Å². The number of nitrogen functional groups attached to an aromatic ring is 1. The van der Waals surface area contributed by atoms with Crippen LogP contribution in [0.15, 0.2) is 116 Å². The number of ether oxygens (including phenoxy) is 1. The second kappa shape index (κ2) is 23.3. The smallest absolute Gasteiger partial charge is 0.356 e. The fraction of sp³-hybridized carbons (Fsp3) is 0.200. The molecule has 382 valence electrons. The summed E-state index contributed by atoms with van der Waals surface area (Å²) in [7, 11) is 5.36. The number of carboxylic acids is 1. The summed E-state index contributed by atoms with van der Waals surface area (Å²) in [5.74, 6) is 1.23. The van der Waals surface area contributed by atoms with Crippen LogP contribution in [0.25, 0.3) is 32.7 Å². The second-order valence-electron chi connectivity index (χ2n) is 17.6. The van der Waals surface area contributed by atoms with Gasteiger partial charge in [0, 0.05) is 87.4 Å². The molecular weight excluding hydrogens is 1020 g/mol. The lowest BCUT2D eigenvalue weighted by Crippen LogP contribution is -2.26. The number of rotatable bonds is 12. The van der Waals surface area contributed by atoms with Crippen LogP contribution < -0.4 is 11.1 Å². The first-order valence-electron chi connectivity index (χ1n) is 23.5. The first-order chi connectivity index (χ1) is 35.9. The number of nitrogens with one attached hydrogen (secondary N) is 1. The van der Waals surface area contributed by atoms with E-state index >= 15 is 0 Å². The van der Waals surface area contributed by atoms with Crippen molar-refractivity contribution in [3.05, 3.63) is 199 Å². The summed E-state index contributed by atoms with van der Waals surface area (Å²) < 4.78 is 10.2. The maximum atomic E-state index is 12.8. The summed E-state index contributed by atoms with van der Waals surface area (Å²) in [6.45, 7) is 6.35. The van der Waals surface area contributed by atoms with Crippen molar-refractivity contribution < 1.29 is 24.2 Å². The molecule has 7 aromatic heterocycles. The number of hydrogen-bond donors (Lipinski definition) is 3. The Bertz CT molecular complexity index is 3750. The average Bonchev–Trinajstić information content (AvgIpc) is 4.05. The number of carboxylic acid groups (broad SMARTS) is 1. The zero-order valence-electron chi connectivity index (χ0n) is 41.8. The molecule has 0 bridgehead atoms. The first-order valence-corrected chi connectivity index (χ1v) is 24.6. The predicted molar refractivity (Wildman–Crippen MR) is 291 cm³/mol. The molecule has 20 heteroatoms. The topological polar surface area (TPSA) is 224 Å². The van der Waals surface area contributed by atoms with Crippen LogP contribution in [-0.2, 0) is 51.7 Å². The molecule has 0 unspecified atom stereocenters. The number of pyridine rings is 4. The van der Waals surface area contributed by atoms with Crippen molar-refractivity contribution in [2.24, 2.45) is 21.1 Å². The van der Waals surface area contributed by atoms with Gasteiger partial charge in [-0.2, -0.15) is 0 Å². The van der Waals surface area contributed by atoms with Crippen LogP contribution in [0.1, 0.15) is 89.4 Å². The van der Waals surface area contributed by atoms with Crippen LogP contribution in [0.4, 0.5) is 5.82 Å². The van der Waals surface area contributed by atoms with Crippen LogP contribution >= 0.6 is 34.8 Å². The molecular formula is C55H51Cl3N12O5. The van der Waals surface area contributed by atoms with E-state index in [0.717, 1.165) is 77.9 Å². The lowest BCUT2D eigenvalue weighted by Gasteiger charge is -2.12. The van der Waals surface area contributed by atoms with E-state index in [2.05, 4.69) is 40.2 Å². The van der Waals surface area contributed by atoms with Crippen molar-refractivity contribution in [2.45, 2.75) is 46.6 Å². The number of fused-ring (bicyclic) bond motifs is 3. The number of aromatic nitrogens is 10. The Labute approximate surface area is 446 Å². The first kappa shape index (κ1) is 53.1. The number of esters is 1. The van der Waals surface area contributed by atoms with Crippen molar-refractivity contribution in [1.82, 2.24) is 53.9 Å². The van der Waals surface area contributed by atoms with Gasteiger partial charge < -0.3 is 34.6 Å². The standard InChI is InChI=1S/C23H23ClN6O.C17H16ClN3O2.C15H12ClN3O2/c1-13-6-21(25)29-14(2)18(13)11-28-23(31)20-12-27-22(30(20)3)8-15-4-5-19-16(7-15)9-17(24)10-26-19;1-3-23-17(22)15-10-20-16(21(15)2)7-11-4-5-14-12(6-11)8-13(18)9-19-14;1-19-13(15(20)21)8-18-14(19)5-9-2-3-12-10(4-9)6-11(16)7-17-12/h4-7,9-10,12H,8,11H2,1-3H3,(H2,25,29)(H,28,31);4-6,8-10H,3,7H2,1-2H3;2-4,6-8H,5H2,1H3,(H,20,21). The van der Waals surface area contributed by atoms with Crippen molar-refractivity contribution >= 4 is 91.2 Å². The van der Waals surface area contributed by atoms with Crippen LogP contribution in [0.2, 0.25) is 15.1 Å². The van der Waals surface area contributed by atoms with Gasteiger partial charge >= 0.3 is 11.9 Å². The van der Waals surface area contributed by atoms with Crippen molar-refractivity contribution in [1.29, 1.82) is 0 Å². The van der Waals surface area contributed by atoms with Gasteiger partial charge in [-0.15, -0.1) is 0 Å². The third-order valence-corrected chi connectivity index (χ3v) is 13.0. The molecule has 0 aliphatic carbocycles. The highest BCUT2D eigenvalue weighted by molar-refractivity contribution is 6.31. The van der Waals surface area contributed by atoms with Gasteiger partial charge in [0.2, 0.25) is 0 Å². The van der Waals surface area contributed by atoms with Crippen molar-refractivity contribution in [3.63, 3.8) is 0 Å². The molecule has 0 aliphatic heterocycles. The van der Waals surface area contributed by atoms with Gasteiger partial charge in [0.05, 0.1) is 56.8 Å². The minimum absolute atomic E-state index is 0.176. The third-order valence-electron chi connectivity index (χ3n) is 12.4. The van der Waals surface area contributed by atoms with E-state index in [1.54, 1.807) is 54.1 Å². The molecule has 7 heterocycles. The number of imidazole rings is 3. The van der Waals surface area contributed by atoms with Crippen LogP contribution in [0.5, 0.6) is 0 Å². The summed E-state index contributed by atoms with van der Waals surface area (Å²) in [5.41, 5.74) is 15.5. The molecule has 4 N–H and O–H groups in total. The number of aromatic carboxylic acids is 1. The number of aryl methyl sites for hydroxylation is 2. The fourth-order valence-corrected chi connectivity index (χ4v) is 8.89. The van der Waals surface area contributed by atoms with E-state index in [9.17, 15) is 14.4 Å². The number of nitrogens with two attached hydrogens (primary N) is 1. The number of carbonyl (C=O) groups is 3. The molecule has 1 amide bonds. The van der Waals surface area contributed by atoms with Gasteiger partial charge in [-0.3, -0.25) is 19.7 Å². The highest BCUT2D eigenvalue weighted by atomic mass is 35.5. The number of benzene rings is 3. The van der Waals surface area contributed by atoms with E-state index in [4.69, 9.17) is 50.4 Å². The van der Waals surface area contributed by atoms with Gasteiger partial charge in [-0.25, -0.2) is 29.5 Å². The Hall–Kier alpha value is -8.25. The van der Waals surface area contributed by atoms with Gasteiger partial charge in [-0.05, 0) is 109 Å². The number of halogens is 3. The van der Waals surface area contributed by atoms with Crippen LogP contribution in [0, 0.1) is 13.8 Å². The van der Waals surface area contributed by atoms with Crippen molar-refractivity contribution in [2.75, 3.05) is 12.3 Å². The van der Waals surface area contributed by atoms with Gasteiger partial charge in [0.1, 0.15) is 40.4 Å². The number of carbonyl (C=O) groups excluding carboxylic acids is 2. The SMILES string of the molecule is CCOC(=O)c1cnc(Cc2ccc3ncc(Cl)cc3c2)n1C.Cc1cc(N)nc(C)c1CNC(=O)c1cnc(Cc2ccc3ncc(Cl)cc3c2)n1C.Cn1c(C(=O)O)cnc1Cc1ccc2ncc(Cl)cc2c1. The lowest BCUT2D eigenvalue weighted by molar-refractivity contribution is 0.0514. The molecule has 0 aliphatic rings. The van der Waals surface area contributed by atoms with E-state index in [0.29, 0.717) is 70.5 Å². The van der Waals surface area contributed by atoms with E-state index in [-0.39, 0.29) is 17.6 Å². The molecule has 0 atom stereocenters. The quantitative estimate of drug-likeness (QED) is 0.0970. The molecule has 3 aromatic carbocycles. The Kier molecular flexibility index (Phi) is 16.5. The molecule has 17 nitrogen and oxygen atoms in total. The highest BCUT2D eigenvalue weighted by Gasteiger charge is 2.18. The van der Waals surface area contributed by atoms with Gasteiger partial charge in [0.15, 0.2) is 0 Å². The lowest BCUT2D eigenvalue weighted by atomic mass is 10.1. The van der Waals surface area contributed by atoms with Gasteiger partial charge in [0.25, 0.3) is 5.91 Å². The third kappa shape index (κ3) is 12.8. The van der Waals surface area contributed by atoms with E-state index < -0.39 is 5.97 Å². The number of anilines is 1. The minimum Gasteiger partial charge on any atom is -0.477 e. The van der Waals surface area contributed by atoms with Crippen LogP contribution in [0.3, 0.4) is 0 Å². The Morgan fingerprint density at radius 1 is 0.587 bits per heavy atom. The average molecular weight is 1070 g/mol. The second-order valence-corrected chi connectivity index (χ2v) is 18.9. The largest absolute Gasteiger partial charge is 0.477 e. The molecule has 0 fully saturated rings. The zero-order chi connectivity index (χ0) is 53.5. The maximum absolute atomic E-state index is 12.8. The maximum Gasteiger partial charge on any atom is 0.356 e. The normalized spacial score (nSPS) is 11.0. The van der Waals surface area contributed by atoms with Crippen molar-refractivity contribution in [3.8, 4) is 0 Å². The summed E-state index contributed by atoms with van der Waals surface area (Å²) in [5, 5.41) is 16.7. The molecule has 0 saturated heterocycles.